The molecule has 0 atom stereocenters. The van der Waals surface area contributed by atoms with Crippen LogP contribution in [0.1, 0.15) is 23.7 Å². The summed E-state index contributed by atoms with van der Waals surface area (Å²) in [5.41, 5.74) is -0.827. The van der Waals surface area contributed by atoms with E-state index in [9.17, 15) is 25.0 Å². The lowest BCUT2D eigenvalue weighted by Crippen LogP contribution is -2.12. The lowest BCUT2D eigenvalue weighted by Gasteiger charge is -2.08. The van der Waals surface area contributed by atoms with Crippen LogP contribution in [0, 0.1) is 20.2 Å². The first-order valence-corrected chi connectivity index (χ1v) is 7.38. The van der Waals surface area contributed by atoms with Crippen LogP contribution in [-0.2, 0) is 0 Å². The molecule has 0 aliphatic heterocycles. The molecule has 0 saturated heterocycles. The highest BCUT2D eigenvalue weighted by Crippen LogP contribution is 2.24. The molecule has 0 radical (unpaired) electrons. The summed E-state index contributed by atoms with van der Waals surface area (Å²) in [6, 6.07) is 9.39. The number of anilines is 1. The van der Waals surface area contributed by atoms with Gasteiger partial charge in [-0.3, -0.25) is 25.0 Å². The van der Waals surface area contributed by atoms with Gasteiger partial charge in [0, 0.05) is 23.9 Å². The number of ether oxygens (including phenoxy) is 1. The van der Waals surface area contributed by atoms with Crippen molar-refractivity contribution in [2.24, 2.45) is 0 Å². The molecule has 0 saturated carbocycles. The normalized spacial score (nSPS) is 10.1. The van der Waals surface area contributed by atoms with Crippen LogP contribution in [0.15, 0.2) is 42.5 Å². The number of hydrogen-bond acceptors (Lipinski definition) is 6. The fraction of sp³-hybridized carbons (Fsp3) is 0.188. The largest absolute Gasteiger partial charge is 0.494 e. The zero-order valence-corrected chi connectivity index (χ0v) is 13.3. The second-order valence-corrected chi connectivity index (χ2v) is 5.08. The number of nitrogens with zero attached hydrogens (tertiary/aromatic N) is 2. The highest BCUT2D eigenvalue weighted by atomic mass is 16.6. The summed E-state index contributed by atoms with van der Waals surface area (Å²) in [6.45, 7) is 2.48. The van der Waals surface area contributed by atoms with E-state index in [0.29, 0.717) is 18.0 Å². The molecule has 2 rings (SSSR count). The van der Waals surface area contributed by atoms with Crippen molar-refractivity contribution in [3.63, 3.8) is 0 Å². The van der Waals surface area contributed by atoms with Crippen LogP contribution >= 0.6 is 0 Å². The SMILES string of the molecule is CCCOc1cccc(NC(=O)c2cc([N+](=O)[O-])cc([N+](=O)[O-])c2)c1. The number of non-ortho nitro benzene ring substituents is 2. The van der Waals surface area contributed by atoms with E-state index in [-0.39, 0.29) is 5.56 Å². The molecule has 9 nitrogen and oxygen atoms in total. The molecule has 2 aromatic rings. The molecule has 0 bridgehead atoms. The van der Waals surface area contributed by atoms with Crippen molar-refractivity contribution in [1.82, 2.24) is 0 Å². The number of nitro groups is 2. The molecule has 0 heterocycles. The van der Waals surface area contributed by atoms with E-state index in [4.69, 9.17) is 4.74 Å². The topological polar surface area (TPSA) is 125 Å². The van der Waals surface area contributed by atoms with Gasteiger partial charge in [-0.15, -0.1) is 0 Å². The lowest BCUT2D eigenvalue weighted by molar-refractivity contribution is -0.394. The van der Waals surface area contributed by atoms with E-state index < -0.39 is 27.1 Å². The van der Waals surface area contributed by atoms with Gasteiger partial charge in [-0.1, -0.05) is 13.0 Å². The van der Waals surface area contributed by atoms with Crippen LogP contribution in [-0.4, -0.2) is 22.4 Å². The quantitative estimate of drug-likeness (QED) is 0.604. The van der Waals surface area contributed by atoms with Crippen LogP contribution in [0.4, 0.5) is 17.1 Å². The number of carbonyl (C=O) groups is 1. The van der Waals surface area contributed by atoms with E-state index in [2.05, 4.69) is 5.32 Å². The molecule has 0 aromatic heterocycles. The third kappa shape index (κ3) is 4.74. The van der Waals surface area contributed by atoms with Crippen molar-refractivity contribution < 1.29 is 19.4 Å². The van der Waals surface area contributed by atoms with Gasteiger partial charge in [0.25, 0.3) is 17.3 Å². The molecule has 2 aromatic carbocycles. The molecule has 0 aliphatic carbocycles. The molecular weight excluding hydrogens is 330 g/mol. The summed E-state index contributed by atoms with van der Waals surface area (Å²) in [6.07, 6.45) is 0.827. The van der Waals surface area contributed by atoms with Crippen molar-refractivity contribution in [2.75, 3.05) is 11.9 Å². The number of carbonyl (C=O) groups excluding carboxylic acids is 1. The summed E-state index contributed by atoms with van der Waals surface area (Å²) < 4.78 is 5.45. The molecule has 1 amide bonds. The van der Waals surface area contributed by atoms with E-state index in [1.807, 2.05) is 6.92 Å². The Morgan fingerprint density at radius 2 is 1.72 bits per heavy atom. The number of nitro benzene ring substituents is 2. The van der Waals surface area contributed by atoms with E-state index >= 15 is 0 Å². The Morgan fingerprint density at radius 1 is 1.08 bits per heavy atom. The number of hydrogen-bond donors (Lipinski definition) is 1. The van der Waals surface area contributed by atoms with Crippen molar-refractivity contribution in [3.8, 4) is 5.75 Å². The Bertz CT molecular complexity index is 789. The average Bonchev–Trinajstić information content (AvgIpc) is 2.59. The van der Waals surface area contributed by atoms with Gasteiger partial charge >= 0.3 is 0 Å². The standard InChI is InChI=1S/C16H15N3O6/c1-2-6-25-15-5-3-4-12(9-15)17-16(20)11-7-13(18(21)22)10-14(8-11)19(23)24/h3-5,7-10H,2,6H2,1H3,(H,17,20). The molecule has 0 spiro atoms. The minimum absolute atomic E-state index is 0.180. The molecule has 9 heteroatoms. The molecule has 1 N–H and O–H groups in total. The summed E-state index contributed by atoms with van der Waals surface area (Å²) in [5, 5.41) is 24.3. The van der Waals surface area contributed by atoms with Gasteiger partial charge in [0.2, 0.25) is 0 Å². The monoisotopic (exact) mass is 345 g/mol. The van der Waals surface area contributed by atoms with Crippen molar-refractivity contribution >= 4 is 23.0 Å². The first-order chi connectivity index (χ1) is 11.9. The smallest absolute Gasteiger partial charge is 0.277 e. The van der Waals surface area contributed by atoms with Crippen molar-refractivity contribution in [3.05, 3.63) is 68.3 Å². The van der Waals surface area contributed by atoms with Gasteiger partial charge in [-0.2, -0.15) is 0 Å². The van der Waals surface area contributed by atoms with Crippen molar-refractivity contribution in [2.45, 2.75) is 13.3 Å². The Kier molecular flexibility index (Phi) is 5.62. The second-order valence-electron chi connectivity index (χ2n) is 5.08. The summed E-state index contributed by atoms with van der Waals surface area (Å²) in [4.78, 5) is 32.5. The molecule has 130 valence electrons. The lowest BCUT2D eigenvalue weighted by atomic mass is 10.1. The van der Waals surface area contributed by atoms with Crippen LogP contribution in [0.25, 0.3) is 0 Å². The van der Waals surface area contributed by atoms with E-state index in [1.54, 1.807) is 24.3 Å². The molecule has 0 fully saturated rings. The van der Waals surface area contributed by atoms with Crippen LogP contribution in [0.5, 0.6) is 5.75 Å². The highest BCUT2D eigenvalue weighted by molar-refractivity contribution is 6.05. The van der Waals surface area contributed by atoms with E-state index in [0.717, 1.165) is 24.6 Å². The van der Waals surface area contributed by atoms with Gasteiger partial charge in [0.15, 0.2) is 0 Å². The zero-order chi connectivity index (χ0) is 18.4. The van der Waals surface area contributed by atoms with Crippen molar-refractivity contribution in [1.29, 1.82) is 0 Å². The maximum Gasteiger partial charge on any atom is 0.277 e. The molecule has 0 unspecified atom stereocenters. The number of benzene rings is 2. The zero-order valence-electron chi connectivity index (χ0n) is 13.3. The third-order valence-electron chi connectivity index (χ3n) is 3.15. The Labute approximate surface area is 142 Å². The first-order valence-electron chi connectivity index (χ1n) is 7.38. The fourth-order valence-electron chi connectivity index (χ4n) is 2.02. The summed E-state index contributed by atoms with van der Waals surface area (Å²) in [7, 11) is 0. The minimum atomic E-state index is -0.789. The maximum atomic E-state index is 12.3. The van der Waals surface area contributed by atoms with Gasteiger partial charge in [0.05, 0.1) is 28.1 Å². The second kappa shape index (κ2) is 7.86. The Hall–Kier alpha value is -3.49. The van der Waals surface area contributed by atoms with Gasteiger partial charge in [-0.05, 0) is 18.6 Å². The summed E-state index contributed by atoms with van der Waals surface area (Å²) >= 11 is 0. The highest BCUT2D eigenvalue weighted by Gasteiger charge is 2.20. The summed E-state index contributed by atoms with van der Waals surface area (Å²) in [5.74, 6) is -0.135. The predicted molar refractivity (Wildman–Crippen MR) is 89.9 cm³/mol. The molecular formula is C16H15N3O6. The predicted octanol–water partition coefficient (Wildman–Crippen LogP) is 3.54. The van der Waals surface area contributed by atoms with Gasteiger partial charge < -0.3 is 10.1 Å². The van der Waals surface area contributed by atoms with Crippen LogP contribution < -0.4 is 10.1 Å². The van der Waals surface area contributed by atoms with Crippen LogP contribution in [0.2, 0.25) is 0 Å². The number of nitrogens with one attached hydrogen (secondary N) is 1. The van der Waals surface area contributed by atoms with E-state index in [1.165, 1.54) is 0 Å². The van der Waals surface area contributed by atoms with Crippen LogP contribution in [0.3, 0.4) is 0 Å². The van der Waals surface area contributed by atoms with Gasteiger partial charge in [-0.25, -0.2) is 0 Å². The third-order valence-corrected chi connectivity index (χ3v) is 3.15. The van der Waals surface area contributed by atoms with Gasteiger partial charge in [0.1, 0.15) is 5.75 Å². The Balaban J connectivity index is 2.26. The minimum Gasteiger partial charge on any atom is -0.494 e. The number of amides is 1. The molecule has 0 aliphatic rings. The fourth-order valence-corrected chi connectivity index (χ4v) is 2.02. The Morgan fingerprint density at radius 3 is 2.28 bits per heavy atom. The molecule has 25 heavy (non-hydrogen) atoms. The average molecular weight is 345 g/mol. The number of rotatable bonds is 7. The maximum absolute atomic E-state index is 12.3. The first kappa shape index (κ1) is 17.9.